The summed E-state index contributed by atoms with van der Waals surface area (Å²) in [5.74, 6) is 0. The largest absolute Gasteiger partial charge is 0.288 e. The Balaban J connectivity index is 2.39. The van der Waals surface area contributed by atoms with Crippen LogP contribution in [0.5, 0.6) is 0 Å². The van der Waals surface area contributed by atoms with Crippen LogP contribution in [0.25, 0.3) is 0 Å². The Morgan fingerprint density at radius 1 is 1.55 bits per heavy atom. The Kier molecular flexibility index (Phi) is 3.38. The molecule has 2 nitrogen and oxygen atoms in total. The third-order valence-electron chi connectivity index (χ3n) is 2.27. The summed E-state index contributed by atoms with van der Waals surface area (Å²) in [7, 11) is 0. The van der Waals surface area contributed by atoms with Gasteiger partial charge in [0.25, 0.3) is 0 Å². The third-order valence-corrected chi connectivity index (χ3v) is 2.27. The number of hydrogen-bond donors (Lipinski definition) is 0. The molecule has 0 aromatic carbocycles. The highest BCUT2D eigenvalue weighted by molar-refractivity contribution is 4.93. The van der Waals surface area contributed by atoms with E-state index in [9.17, 15) is 0 Å². The van der Waals surface area contributed by atoms with Crippen LogP contribution in [0.15, 0.2) is 0 Å². The summed E-state index contributed by atoms with van der Waals surface area (Å²) < 4.78 is 0. The van der Waals surface area contributed by atoms with E-state index in [-0.39, 0.29) is 6.04 Å². The fourth-order valence-electron chi connectivity index (χ4n) is 1.69. The van der Waals surface area contributed by atoms with Gasteiger partial charge in [0, 0.05) is 0 Å². The van der Waals surface area contributed by atoms with E-state index in [1.165, 1.54) is 12.8 Å². The Morgan fingerprint density at radius 2 is 2.36 bits per heavy atom. The number of likely N-dealkylation sites (tertiary alicyclic amines) is 1. The van der Waals surface area contributed by atoms with Gasteiger partial charge < -0.3 is 0 Å². The first-order chi connectivity index (χ1) is 5.38. The van der Waals surface area contributed by atoms with Gasteiger partial charge in [-0.25, -0.2) is 0 Å². The predicted molar refractivity (Wildman–Crippen MR) is 45.1 cm³/mol. The van der Waals surface area contributed by atoms with Crippen molar-refractivity contribution in [3.05, 3.63) is 0 Å². The standard InChI is InChI=1S/C9H16N2/c1-2-6-11-7-4-3-5-9(11)8-10/h9H,2-7H2,1H3. The van der Waals surface area contributed by atoms with Gasteiger partial charge >= 0.3 is 0 Å². The monoisotopic (exact) mass is 152 g/mol. The average Bonchev–Trinajstić information content (AvgIpc) is 2.06. The molecule has 0 saturated carbocycles. The summed E-state index contributed by atoms with van der Waals surface area (Å²) in [6.45, 7) is 4.40. The summed E-state index contributed by atoms with van der Waals surface area (Å²) in [4.78, 5) is 2.31. The average molecular weight is 152 g/mol. The maximum absolute atomic E-state index is 8.80. The van der Waals surface area contributed by atoms with E-state index in [2.05, 4.69) is 17.9 Å². The zero-order chi connectivity index (χ0) is 8.10. The van der Waals surface area contributed by atoms with Crippen LogP contribution in [0.3, 0.4) is 0 Å². The second-order valence-corrected chi connectivity index (χ2v) is 3.18. The van der Waals surface area contributed by atoms with Crippen molar-refractivity contribution in [3.8, 4) is 6.07 Å². The second-order valence-electron chi connectivity index (χ2n) is 3.18. The molecule has 1 aliphatic rings. The molecular weight excluding hydrogens is 136 g/mol. The number of rotatable bonds is 2. The summed E-state index contributed by atoms with van der Waals surface area (Å²) >= 11 is 0. The topological polar surface area (TPSA) is 27.0 Å². The minimum atomic E-state index is 0.212. The van der Waals surface area contributed by atoms with E-state index in [0.717, 1.165) is 25.9 Å². The first kappa shape index (κ1) is 8.55. The van der Waals surface area contributed by atoms with Crippen molar-refractivity contribution in [1.82, 2.24) is 4.90 Å². The van der Waals surface area contributed by atoms with Gasteiger partial charge in [-0.3, -0.25) is 4.90 Å². The van der Waals surface area contributed by atoms with Gasteiger partial charge in [0.1, 0.15) is 0 Å². The van der Waals surface area contributed by atoms with Gasteiger partial charge in [-0.15, -0.1) is 0 Å². The van der Waals surface area contributed by atoms with Crippen LogP contribution >= 0.6 is 0 Å². The molecule has 2 heteroatoms. The lowest BCUT2D eigenvalue weighted by atomic mass is 10.0. The van der Waals surface area contributed by atoms with Crippen molar-refractivity contribution in [1.29, 1.82) is 5.26 Å². The molecule has 62 valence electrons. The van der Waals surface area contributed by atoms with E-state index in [0.29, 0.717) is 0 Å². The summed E-state index contributed by atoms with van der Waals surface area (Å²) in [6.07, 6.45) is 4.76. The second kappa shape index (κ2) is 4.35. The van der Waals surface area contributed by atoms with Gasteiger partial charge in [0.2, 0.25) is 0 Å². The molecule has 1 fully saturated rings. The molecule has 0 bridgehead atoms. The lowest BCUT2D eigenvalue weighted by Crippen LogP contribution is -2.38. The molecule has 0 radical (unpaired) electrons. The lowest BCUT2D eigenvalue weighted by Gasteiger charge is -2.30. The molecule has 0 aromatic rings. The fourth-order valence-corrected chi connectivity index (χ4v) is 1.69. The van der Waals surface area contributed by atoms with Crippen molar-refractivity contribution >= 4 is 0 Å². The normalized spacial score (nSPS) is 26.4. The molecule has 1 aliphatic heterocycles. The summed E-state index contributed by atoms with van der Waals surface area (Å²) in [5, 5.41) is 8.80. The lowest BCUT2D eigenvalue weighted by molar-refractivity contribution is 0.185. The molecule has 1 rings (SSSR count). The van der Waals surface area contributed by atoms with Crippen molar-refractivity contribution in [2.24, 2.45) is 0 Å². The Morgan fingerprint density at radius 3 is 3.00 bits per heavy atom. The minimum Gasteiger partial charge on any atom is -0.288 e. The number of piperidine rings is 1. The van der Waals surface area contributed by atoms with E-state index in [1.54, 1.807) is 0 Å². The smallest absolute Gasteiger partial charge is 0.0977 e. The molecule has 0 aliphatic carbocycles. The Hall–Kier alpha value is -0.550. The zero-order valence-electron chi connectivity index (χ0n) is 7.21. The van der Waals surface area contributed by atoms with Gasteiger partial charge in [-0.05, 0) is 38.8 Å². The van der Waals surface area contributed by atoms with Crippen LogP contribution in [-0.2, 0) is 0 Å². The van der Waals surface area contributed by atoms with Crippen LogP contribution in [0, 0.1) is 11.3 Å². The van der Waals surface area contributed by atoms with Crippen LogP contribution in [0.1, 0.15) is 32.6 Å². The molecule has 0 aromatic heterocycles. The maximum Gasteiger partial charge on any atom is 0.0977 e. The molecular formula is C9H16N2. The van der Waals surface area contributed by atoms with Crippen LogP contribution in [0.4, 0.5) is 0 Å². The molecule has 0 spiro atoms. The third kappa shape index (κ3) is 2.20. The number of hydrogen-bond acceptors (Lipinski definition) is 2. The summed E-state index contributed by atoms with van der Waals surface area (Å²) in [5.41, 5.74) is 0. The number of nitriles is 1. The maximum atomic E-state index is 8.80. The van der Waals surface area contributed by atoms with Gasteiger partial charge in [0.15, 0.2) is 0 Å². The van der Waals surface area contributed by atoms with E-state index in [1.807, 2.05) is 0 Å². The van der Waals surface area contributed by atoms with Crippen LogP contribution in [-0.4, -0.2) is 24.0 Å². The predicted octanol–water partition coefficient (Wildman–Crippen LogP) is 1.77. The first-order valence-corrected chi connectivity index (χ1v) is 4.52. The quantitative estimate of drug-likeness (QED) is 0.603. The van der Waals surface area contributed by atoms with Crippen LogP contribution in [0.2, 0.25) is 0 Å². The zero-order valence-corrected chi connectivity index (χ0v) is 7.21. The van der Waals surface area contributed by atoms with Gasteiger partial charge in [-0.1, -0.05) is 6.92 Å². The van der Waals surface area contributed by atoms with Crippen LogP contribution < -0.4 is 0 Å². The summed E-state index contributed by atoms with van der Waals surface area (Å²) in [6, 6.07) is 2.58. The van der Waals surface area contributed by atoms with Crippen molar-refractivity contribution in [2.75, 3.05) is 13.1 Å². The molecule has 1 heterocycles. The van der Waals surface area contributed by atoms with Crippen molar-refractivity contribution in [3.63, 3.8) is 0 Å². The Bertz CT molecular complexity index is 146. The highest BCUT2D eigenvalue weighted by Crippen LogP contribution is 2.15. The molecule has 11 heavy (non-hydrogen) atoms. The minimum absolute atomic E-state index is 0.212. The van der Waals surface area contributed by atoms with E-state index >= 15 is 0 Å². The highest BCUT2D eigenvalue weighted by atomic mass is 15.2. The molecule has 1 unspecified atom stereocenters. The molecule has 0 N–H and O–H groups in total. The molecule has 1 atom stereocenters. The molecule has 1 saturated heterocycles. The van der Waals surface area contributed by atoms with Crippen molar-refractivity contribution < 1.29 is 0 Å². The van der Waals surface area contributed by atoms with Gasteiger partial charge in [0.05, 0.1) is 12.1 Å². The van der Waals surface area contributed by atoms with E-state index < -0.39 is 0 Å². The fraction of sp³-hybridized carbons (Fsp3) is 0.889. The highest BCUT2D eigenvalue weighted by Gasteiger charge is 2.20. The van der Waals surface area contributed by atoms with Gasteiger partial charge in [-0.2, -0.15) is 5.26 Å². The Labute approximate surface area is 68.8 Å². The first-order valence-electron chi connectivity index (χ1n) is 4.52. The SMILES string of the molecule is CCCN1CCCCC1C#N. The van der Waals surface area contributed by atoms with E-state index in [4.69, 9.17) is 5.26 Å². The molecule has 0 amide bonds. The van der Waals surface area contributed by atoms with Crippen molar-refractivity contribution in [2.45, 2.75) is 38.6 Å². The number of nitrogens with zero attached hydrogens (tertiary/aromatic N) is 2.